The zero-order chi connectivity index (χ0) is 13.0. The molecule has 96 valence electrons. The molecule has 5 heteroatoms. The molecule has 0 bridgehead atoms. The molecule has 18 heavy (non-hydrogen) atoms. The van der Waals surface area contributed by atoms with Gasteiger partial charge in [-0.3, -0.25) is 0 Å². The lowest BCUT2D eigenvalue weighted by Crippen LogP contribution is -1.99. The Hall–Kier alpha value is -1.88. The number of aliphatic hydroxyl groups excluding tert-OH is 1. The van der Waals surface area contributed by atoms with Crippen LogP contribution in [-0.4, -0.2) is 15.4 Å². The third-order valence-corrected chi connectivity index (χ3v) is 2.77. The lowest BCUT2D eigenvalue weighted by molar-refractivity contribution is 0.173. The van der Waals surface area contributed by atoms with E-state index >= 15 is 0 Å². The fourth-order valence-electron chi connectivity index (χ4n) is 1.55. The van der Waals surface area contributed by atoms with E-state index in [-0.39, 0.29) is 0 Å². The van der Waals surface area contributed by atoms with E-state index in [1.165, 1.54) is 0 Å². The van der Waals surface area contributed by atoms with Crippen LogP contribution in [-0.2, 0) is 6.61 Å². The van der Waals surface area contributed by atoms with E-state index in [2.05, 4.69) is 14.9 Å². The minimum absolute atomic E-state index is 0.324. The molecule has 5 nitrogen and oxygen atoms in total. The van der Waals surface area contributed by atoms with Crippen LogP contribution >= 0.6 is 0 Å². The first kappa shape index (κ1) is 12.6. The van der Waals surface area contributed by atoms with Crippen molar-refractivity contribution in [2.24, 2.45) is 0 Å². The second-order valence-corrected chi connectivity index (χ2v) is 4.08. The van der Waals surface area contributed by atoms with Gasteiger partial charge in [-0.05, 0) is 31.0 Å². The van der Waals surface area contributed by atoms with Crippen LogP contribution in [0, 0.1) is 6.92 Å². The summed E-state index contributed by atoms with van der Waals surface area (Å²) < 4.78 is 10.1. The number of hydrogen-bond acceptors (Lipinski definition) is 5. The summed E-state index contributed by atoms with van der Waals surface area (Å²) >= 11 is 0. The maximum atomic E-state index is 9.67. The summed E-state index contributed by atoms with van der Waals surface area (Å²) in [6.07, 6.45) is 0.283. The predicted molar refractivity (Wildman–Crippen MR) is 65.1 cm³/mol. The average molecular weight is 248 g/mol. The Labute approximate surface area is 105 Å². The van der Waals surface area contributed by atoms with Crippen LogP contribution in [0.1, 0.15) is 36.4 Å². The van der Waals surface area contributed by atoms with Crippen molar-refractivity contribution in [2.45, 2.75) is 33.0 Å². The molecule has 0 unspecified atom stereocenters. The van der Waals surface area contributed by atoms with Gasteiger partial charge in [-0.2, -0.15) is 0 Å². The Morgan fingerprint density at radius 2 is 2.00 bits per heavy atom. The first-order valence-electron chi connectivity index (χ1n) is 5.89. The SMILES string of the molecule is CC[C@H](O)c1ccc(OCc2nonc2C)cc1. The Balaban J connectivity index is 1.96. The molecule has 1 heterocycles. The van der Waals surface area contributed by atoms with Crippen molar-refractivity contribution in [3.63, 3.8) is 0 Å². The van der Waals surface area contributed by atoms with E-state index in [1.807, 2.05) is 38.1 Å². The molecule has 0 saturated heterocycles. The summed E-state index contributed by atoms with van der Waals surface area (Å²) in [4.78, 5) is 0. The van der Waals surface area contributed by atoms with Gasteiger partial charge in [0.05, 0.1) is 6.10 Å². The Morgan fingerprint density at radius 3 is 2.56 bits per heavy atom. The molecule has 2 rings (SSSR count). The molecule has 1 aromatic carbocycles. The number of aryl methyl sites for hydroxylation is 1. The molecule has 0 aliphatic heterocycles. The summed E-state index contributed by atoms with van der Waals surface area (Å²) in [7, 11) is 0. The molecule has 0 saturated carbocycles. The minimum Gasteiger partial charge on any atom is -0.487 e. The van der Waals surface area contributed by atoms with Gasteiger partial charge in [0.1, 0.15) is 23.7 Å². The molecular formula is C13H16N2O3. The zero-order valence-corrected chi connectivity index (χ0v) is 10.5. The lowest BCUT2D eigenvalue weighted by Gasteiger charge is -2.09. The smallest absolute Gasteiger partial charge is 0.145 e. The maximum absolute atomic E-state index is 9.67. The van der Waals surface area contributed by atoms with E-state index in [4.69, 9.17) is 4.74 Å². The van der Waals surface area contributed by atoms with Gasteiger partial charge in [-0.1, -0.05) is 29.4 Å². The normalized spacial score (nSPS) is 12.4. The average Bonchev–Trinajstić information content (AvgIpc) is 2.81. The number of rotatable bonds is 5. The molecule has 1 aromatic heterocycles. The van der Waals surface area contributed by atoms with E-state index < -0.39 is 6.10 Å². The van der Waals surface area contributed by atoms with Gasteiger partial charge in [0.2, 0.25) is 0 Å². The summed E-state index contributed by atoms with van der Waals surface area (Å²) in [5.74, 6) is 0.726. The molecule has 0 aliphatic rings. The first-order valence-corrected chi connectivity index (χ1v) is 5.89. The van der Waals surface area contributed by atoms with Gasteiger partial charge in [0.15, 0.2) is 0 Å². The highest BCUT2D eigenvalue weighted by Crippen LogP contribution is 2.20. The van der Waals surface area contributed by atoms with E-state index in [9.17, 15) is 5.11 Å². The molecule has 2 aromatic rings. The van der Waals surface area contributed by atoms with Crippen molar-refractivity contribution in [1.29, 1.82) is 0 Å². The van der Waals surface area contributed by atoms with Crippen LogP contribution in [0.25, 0.3) is 0 Å². The van der Waals surface area contributed by atoms with E-state index in [0.29, 0.717) is 18.7 Å². The fourth-order valence-corrected chi connectivity index (χ4v) is 1.55. The fraction of sp³-hybridized carbons (Fsp3) is 0.385. The van der Waals surface area contributed by atoms with Crippen molar-refractivity contribution in [2.75, 3.05) is 0 Å². The van der Waals surface area contributed by atoms with Gasteiger partial charge < -0.3 is 9.84 Å². The molecular weight excluding hydrogens is 232 g/mol. The van der Waals surface area contributed by atoms with Gasteiger partial charge in [0.25, 0.3) is 0 Å². The zero-order valence-electron chi connectivity index (χ0n) is 10.5. The van der Waals surface area contributed by atoms with Crippen molar-refractivity contribution in [3.8, 4) is 5.75 Å². The maximum Gasteiger partial charge on any atom is 0.145 e. The molecule has 0 aliphatic carbocycles. The Kier molecular flexibility index (Phi) is 3.94. The molecule has 1 N–H and O–H groups in total. The summed E-state index contributed by atoms with van der Waals surface area (Å²) in [5.41, 5.74) is 2.31. The third kappa shape index (κ3) is 2.87. The molecule has 0 spiro atoms. The highest BCUT2D eigenvalue weighted by molar-refractivity contribution is 5.28. The van der Waals surface area contributed by atoms with E-state index in [0.717, 1.165) is 17.0 Å². The quantitative estimate of drug-likeness (QED) is 0.879. The highest BCUT2D eigenvalue weighted by Gasteiger charge is 2.07. The van der Waals surface area contributed by atoms with Crippen molar-refractivity contribution >= 4 is 0 Å². The number of aliphatic hydroxyl groups is 1. The molecule has 0 amide bonds. The second-order valence-electron chi connectivity index (χ2n) is 4.08. The molecule has 0 radical (unpaired) electrons. The number of hydrogen-bond donors (Lipinski definition) is 1. The first-order chi connectivity index (χ1) is 8.70. The number of ether oxygens (including phenoxy) is 1. The highest BCUT2D eigenvalue weighted by atomic mass is 16.6. The molecule has 0 fully saturated rings. The summed E-state index contributed by atoms with van der Waals surface area (Å²) in [5, 5.41) is 17.1. The molecule has 1 atom stereocenters. The topological polar surface area (TPSA) is 68.4 Å². The largest absolute Gasteiger partial charge is 0.487 e. The van der Waals surface area contributed by atoms with Crippen LogP contribution in [0.2, 0.25) is 0 Å². The Bertz CT molecular complexity index is 493. The number of benzene rings is 1. The van der Waals surface area contributed by atoms with Gasteiger partial charge in [0, 0.05) is 0 Å². The summed E-state index contributed by atoms with van der Waals surface area (Å²) in [6.45, 7) is 4.08. The van der Waals surface area contributed by atoms with Gasteiger partial charge in [-0.25, -0.2) is 4.63 Å². The van der Waals surface area contributed by atoms with Crippen molar-refractivity contribution in [1.82, 2.24) is 10.3 Å². The van der Waals surface area contributed by atoms with Crippen LogP contribution in [0.5, 0.6) is 5.75 Å². The minimum atomic E-state index is -0.416. The van der Waals surface area contributed by atoms with Crippen LogP contribution in [0.15, 0.2) is 28.9 Å². The number of aromatic nitrogens is 2. The second kappa shape index (κ2) is 5.64. The Morgan fingerprint density at radius 1 is 1.28 bits per heavy atom. The van der Waals surface area contributed by atoms with Gasteiger partial charge >= 0.3 is 0 Å². The predicted octanol–water partition coefficient (Wildman–Crippen LogP) is 2.40. The van der Waals surface area contributed by atoms with Crippen molar-refractivity contribution < 1.29 is 14.5 Å². The standard InChI is InChI=1S/C13H16N2O3/c1-3-13(16)10-4-6-11(7-5-10)17-8-12-9(2)14-18-15-12/h4-7,13,16H,3,8H2,1-2H3/t13-/m0/s1. The lowest BCUT2D eigenvalue weighted by atomic mass is 10.1. The van der Waals surface area contributed by atoms with Crippen LogP contribution in [0.4, 0.5) is 0 Å². The van der Waals surface area contributed by atoms with Crippen LogP contribution in [0.3, 0.4) is 0 Å². The van der Waals surface area contributed by atoms with E-state index in [1.54, 1.807) is 0 Å². The van der Waals surface area contributed by atoms with Crippen molar-refractivity contribution in [3.05, 3.63) is 41.2 Å². The number of nitrogens with zero attached hydrogens (tertiary/aromatic N) is 2. The third-order valence-electron chi connectivity index (χ3n) is 2.77. The van der Waals surface area contributed by atoms with Gasteiger partial charge in [-0.15, -0.1) is 0 Å². The summed E-state index contributed by atoms with van der Waals surface area (Å²) in [6, 6.07) is 7.38. The monoisotopic (exact) mass is 248 g/mol. The van der Waals surface area contributed by atoms with Crippen LogP contribution < -0.4 is 4.74 Å².